The van der Waals surface area contributed by atoms with Gasteiger partial charge in [0.05, 0.1) is 12.0 Å². The van der Waals surface area contributed by atoms with Gasteiger partial charge >= 0.3 is 0 Å². The molecule has 7 heteroatoms. The standard InChI is InChI=1S/C18H19N3O3S/c1-23-14-7-3-2-6-13(14)12-19-16(22)9-4-10-17-20-18(21-24-17)15-8-5-11-25-15/h2-3,5-8,11H,4,9-10,12H2,1H3,(H,19,22). The van der Waals surface area contributed by atoms with Gasteiger partial charge < -0.3 is 14.6 Å². The molecule has 0 fully saturated rings. The van der Waals surface area contributed by atoms with Crippen LogP contribution in [0.4, 0.5) is 0 Å². The number of nitrogens with zero attached hydrogens (tertiary/aromatic N) is 2. The maximum absolute atomic E-state index is 12.0. The average Bonchev–Trinajstić information content (AvgIpc) is 3.31. The molecule has 0 saturated heterocycles. The first-order valence-corrected chi connectivity index (χ1v) is 8.89. The molecule has 1 aromatic carbocycles. The minimum Gasteiger partial charge on any atom is -0.496 e. The summed E-state index contributed by atoms with van der Waals surface area (Å²) in [7, 11) is 1.62. The molecule has 0 atom stereocenters. The fourth-order valence-electron chi connectivity index (χ4n) is 2.39. The number of thiophene rings is 1. The number of benzene rings is 1. The Balaban J connectivity index is 1.42. The molecule has 6 nitrogen and oxygen atoms in total. The molecular weight excluding hydrogens is 338 g/mol. The molecule has 0 aliphatic carbocycles. The number of ether oxygens (including phenoxy) is 1. The number of nitrogens with one attached hydrogen (secondary N) is 1. The highest BCUT2D eigenvalue weighted by atomic mass is 32.1. The Hall–Kier alpha value is -2.67. The van der Waals surface area contributed by atoms with Gasteiger partial charge in [0.15, 0.2) is 0 Å². The van der Waals surface area contributed by atoms with Crippen molar-refractivity contribution in [3.05, 3.63) is 53.2 Å². The molecule has 0 saturated carbocycles. The predicted molar refractivity (Wildman–Crippen MR) is 95.4 cm³/mol. The van der Waals surface area contributed by atoms with Gasteiger partial charge in [-0.25, -0.2) is 0 Å². The van der Waals surface area contributed by atoms with Crippen LogP contribution in [-0.2, 0) is 17.8 Å². The highest BCUT2D eigenvalue weighted by molar-refractivity contribution is 7.13. The predicted octanol–water partition coefficient (Wildman–Crippen LogP) is 3.45. The molecule has 2 heterocycles. The second-order valence-corrected chi connectivity index (χ2v) is 6.38. The molecule has 25 heavy (non-hydrogen) atoms. The van der Waals surface area contributed by atoms with Crippen molar-refractivity contribution in [1.29, 1.82) is 0 Å². The zero-order valence-electron chi connectivity index (χ0n) is 13.9. The number of carbonyl (C=O) groups excluding carboxylic acids is 1. The van der Waals surface area contributed by atoms with Crippen LogP contribution < -0.4 is 10.1 Å². The number of para-hydroxylation sites is 1. The van der Waals surface area contributed by atoms with Crippen LogP contribution in [0, 0.1) is 0 Å². The Kier molecular flexibility index (Phi) is 5.79. The summed E-state index contributed by atoms with van der Waals surface area (Å²) >= 11 is 1.57. The number of hydrogen-bond acceptors (Lipinski definition) is 6. The lowest BCUT2D eigenvalue weighted by atomic mass is 10.2. The maximum Gasteiger partial charge on any atom is 0.226 e. The van der Waals surface area contributed by atoms with Crippen molar-refractivity contribution < 1.29 is 14.1 Å². The van der Waals surface area contributed by atoms with Gasteiger partial charge in [-0.05, 0) is 23.9 Å². The lowest BCUT2D eigenvalue weighted by molar-refractivity contribution is -0.121. The van der Waals surface area contributed by atoms with Crippen LogP contribution in [0.15, 0.2) is 46.3 Å². The zero-order valence-corrected chi connectivity index (χ0v) is 14.7. The van der Waals surface area contributed by atoms with E-state index in [9.17, 15) is 4.79 Å². The fraction of sp³-hybridized carbons (Fsp3) is 0.278. The van der Waals surface area contributed by atoms with Crippen LogP contribution >= 0.6 is 11.3 Å². The molecule has 3 rings (SSSR count). The van der Waals surface area contributed by atoms with Crippen molar-refractivity contribution >= 4 is 17.2 Å². The summed E-state index contributed by atoms with van der Waals surface area (Å²) < 4.78 is 10.5. The van der Waals surface area contributed by atoms with Gasteiger partial charge in [0.25, 0.3) is 0 Å². The van der Waals surface area contributed by atoms with E-state index in [2.05, 4.69) is 15.5 Å². The number of aromatic nitrogens is 2. The van der Waals surface area contributed by atoms with Gasteiger partial charge in [-0.15, -0.1) is 11.3 Å². The lowest BCUT2D eigenvalue weighted by Gasteiger charge is -2.09. The number of aryl methyl sites for hydroxylation is 1. The summed E-state index contributed by atoms with van der Waals surface area (Å²) in [4.78, 5) is 17.3. The van der Waals surface area contributed by atoms with Crippen molar-refractivity contribution in [1.82, 2.24) is 15.5 Å². The number of hydrogen-bond donors (Lipinski definition) is 1. The first-order valence-electron chi connectivity index (χ1n) is 8.01. The second-order valence-electron chi connectivity index (χ2n) is 5.43. The largest absolute Gasteiger partial charge is 0.496 e. The third-order valence-corrected chi connectivity index (χ3v) is 4.54. The highest BCUT2D eigenvalue weighted by Gasteiger charge is 2.10. The summed E-state index contributed by atoms with van der Waals surface area (Å²) in [5, 5.41) is 8.83. The van der Waals surface area contributed by atoms with Gasteiger partial charge in [0, 0.05) is 24.9 Å². The Morgan fingerprint density at radius 3 is 2.96 bits per heavy atom. The van der Waals surface area contributed by atoms with E-state index in [1.165, 1.54) is 0 Å². The molecule has 3 aromatic rings. The number of rotatable bonds is 8. The lowest BCUT2D eigenvalue weighted by Crippen LogP contribution is -2.22. The molecule has 0 bridgehead atoms. The SMILES string of the molecule is COc1ccccc1CNC(=O)CCCc1nc(-c2cccs2)no1. The van der Waals surface area contributed by atoms with Crippen molar-refractivity contribution in [2.24, 2.45) is 0 Å². The van der Waals surface area contributed by atoms with Crippen LogP contribution in [0.2, 0.25) is 0 Å². The van der Waals surface area contributed by atoms with Gasteiger partial charge in [0.2, 0.25) is 17.6 Å². The van der Waals surface area contributed by atoms with Crippen LogP contribution in [0.5, 0.6) is 5.75 Å². The van der Waals surface area contributed by atoms with E-state index >= 15 is 0 Å². The Labute approximate surface area is 149 Å². The van der Waals surface area contributed by atoms with E-state index in [0.29, 0.717) is 37.5 Å². The molecule has 0 spiro atoms. The Morgan fingerprint density at radius 2 is 2.16 bits per heavy atom. The van der Waals surface area contributed by atoms with Gasteiger partial charge in [-0.1, -0.05) is 29.4 Å². The minimum absolute atomic E-state index is 0.0103. The van der Waals surface area contributed by atoms with Gasteiger partial charge in [-0.2, -0.15) is 4.98 Å². The van der Waals surface area contributed by atoms with Crippen LogP contribution in [0.1, 0.15) is 24.3 Å². The first-order chi connectivity index (χ1) is 12.3. The van der Waals surface area contributed by atoms with Crippen LogP contribution in [0.25, 0.3) is 10.7 Å². The second kappa shape index (κ2) is 8.43. The molecule has 1 amide bonds. The van der Waals surface area contributed by atoms with E-state index in [1.807, 2.05) is 41.8 Å². The van der Waals surface area contributed by atoms with Crippen molar-refractivity contribution in [2.45, 2.75) is 25.8 Å². The Morgan fingerprint density at radius 1 is 1.28 bits per heavy atom. The number of carbonyl (C=O) groups is 1. The van der Waals surface area contributed by atoms with E-state index in [0.717, 1.165) is 16.2 Å². The van der Waals surface area contributed by atoms with Crippen molar-refractivity contribution in [3.8, 4) is 16.5 Å². The molecule has 0 radical (unpaired) electrons. The van der Waals surface area contributed by atoms with Gasteiger partial charge in [-0.3, -0.25) is 4.79 Å². The summed E-state index contributed by atoms with van der Waals surface area (Å²) in [6.45, 7) is 0.450. The average molecular weight is 357 g/mol. The summed E-state index contributed by atoms with van der Waals surface area (Å²) in [6, 6.07) is 11.5. The van der Waals surface area contributed by atoms with E-state index < -0.39 is 0 Å². The van der Waals surface area contributed by atoms with E-state index in [4.69, 9.17) is 9.26 Å². The summed E-state index contributed by atoms with van der Waals surface area (Å²) in [5.74, 6) is 1.92. The van der Waals surface area contributed by atoms with Crippen LogP contribution in [-0.4, -0.2) is 23.2 Å². The molecule has 2 aromatic heterocycles. The molecule has 130 valence electrons. The zero-order chi connectivity index (χ0) is 17.5. The molecule has 1 N–H and O–H groups in total. The monoisotopic (exact) mass is 357 g/mol. The van der Waals surface area contributed by atoms with Crippen molar-refractivity contribution in [3.63, 3.8) is 0 Å². The van der Waals surface area contributed by atoms with Gasteiger partial charge in [0.1, 0.15) is 5.75 Å². The maximum atomic E-state index is 12.0. The molecule has 0 aliphatic rings. The highest BCUT2D eigenvalue weighted by Crippen LogP contribution is 2.21. The summed E-state index contributed by atoms with van der Waals surface area (Å²) in [6.07, 6.45) is 1.65. The molecular formula is C18H19N3O3S. The molecule has 0 unspecified atom stereocenters. The molecule has 0 aliphatic heterocycles. The third kappa shape index (κ3) is 4.67. The first kappa shape index (κ1) is 17.2. The topological polar surface area (TPSA) is 77.2 Å². The van der Waals surface area contributed by atoms with Crippen LogP contribution in [0.3, 0.4) is 0 Å². The summed E-state index contributed by atoms with van der Waals surface area (Å²) in [5.41, 5.74) is 0.954. The fourth-order valence-corrected chi connectivity index (χ4v) is 3.04. The van der Waals surface area contributed by atoms with Crippen molar-refractivity contribution in [2.75, 3.05) is 7.11 Å². The third-order valence-electron chi connectivity index (χ3n) is 3.67. The number of amides is 1. The number of methoxy groups -OCH3 is 1. The quantitative estimate of drug-likeness (QED) is 0.668. The minimum atomic E-state index is -0.0103. The smallest absolute Gasteiger partial charge is 0.226 e. The normalized spacial score (nSPS) is 10.6. The van der Waals surface area contributed by atoms with E-state index in [-0.39, 0.29) is 5.91 Å². The Bertz CT molecular complexity index is 815. The van der Waals surface area contributed by atoms with E-state index in [1.54, 1.807) is 18.4 Å².